The van der Waals surface area contributed by atoms with Crippen LogP contribution in [0.2, 0.25) is 0 Å². The lowest BCUT2D eigenvalue weighted by Gasteiger charge is -2.22. The lowest BCUT2D eigenvalue weighted by molar-refractivity contribution is 0.314. The van der Waals surface area contributed by atoms with Crippen LogP contribution in [-0.4, -0.2) is 53.8 Å². The monoisotopic (exact) mass is 253 g/mol. The van der Waals surface area contributed by atoms with E-state index in [1.54, 1.807) is 0 Å². The van der Waals surface area contributed by atoms with Crippen LogP contribution in [0.1, 0.15) is 20.3 Å². The standard InChI is InChI=1S/C9H19NO3S2/c1-9(2)3-4-10(5-7-14-9)15(12,13)8-6-11/h11H,3-8H2,1-2H3. The highest BCUT2D eigenvalue weighted by Gasteiger charge is 2.29. The fourth-order valence-electron chi connectivity index (χ4n) is 1.52. The molecule has 6 heteroatoms. The molecule has 0 amide bonds. The molecule has 0 saturated carbocycles. The van der Waals surface area contributed by atoms with Crippen molar-refractivity contribution in [2.24, 2.45) is 0 Å². The zero-order valence-electron chi connectivity index (χ0n) is 9.27. The second kappa shape index (κ2) is 5.03. The van der Waals surface area contributed by atoms with E-state index in [0.29, 0.717) is 13.1 Å². The first-order valence-corrected chi connectivity index (χ1v) is 7.69. The van der Waals surface area contributed by atoms with Gasteiger partial charge in [-0.3, -0.25) is 0 Å². The highest BCUT2D eigenvalue weighted by Crippen LogP contribution is 2.31. The minimum Gasteiger partial charge on any atom is -0.395 e. The summed E-state index contributed by atoms with van der Waals surface area (Å²) in [4.78, 5) is 0. The van der Waals surface area contributed by atoms with Gasteiger partial charge in [0, 0.05) is 23.6 Å². The van der Waals surface area contributed by atoms with Gasteiger partial charge in [0.25, 0.3) is 0 Å². The maximum atomic E-state index is 11.7. The molecule has 90 valence electrons. The van der Waals surface area contributed by atoms with Gasteiger partial charge in [0.15, 0.2) is 0 Å². The van der Waals surface area contributed by atoms with Gasteiger partial charge in [0.1, 0.15) is 0 Å². The smallest absolute Gasteiger partial charge is 0.216 e. The molecule has 1 aliphatic heterocycles. The summed E-state index contributed by atoms with van der Waals surface area (Å²) < 4.78 is 25.1. The van der Waals surface area contributed by atoms with Crippen LogP contribution in [0.4, 0.5) is 0 Å². The maximum absolute atomic E-state index is 11.7. The molecular formula is C9H19NO3S2. The predicted octanol–water partition coefficient (Wildman–Crippen LogP) is 0.526. The van der Waals surface area contributed by atoms with E-state index in [9.17, 15) is 8.42 Å². The SMILES string of the molecule is CC1(C)CCN(S(=O)(=O)CCO)CCS1. The number of hydrogen-bond acceptors (Lipinski definition) is 4. The van der Waals surface area contributed by atoms with Gasteiger partial charge in [0.2, 0.25) is 10.0 Å². The van der Waals surface area contributed by atoms with E-state index in [2.05, 4.69) is 13.8 Å². The Morgan fingerprint density at radius 3 is 2.67 bits per heavy atom. The van der Waals surface area contributed by atoms with E-state index in [4.69, 9.17) is 5.11 Å². The Hall–Kier alpha value is 0.220. The molecule has 0 radical (unpaired) electrons. The summed E-state index contributed by atoms with van der Waals surface area (Å²) in [5, 5.41) is 8.69. The van der Waals surface area contributed by atoms with Gasteiger partial charge in [-0.25, -0.2) is 12.7 Å². The molecule has 0 atom stereocenters. The van der Waals surface area contributed by atoms with Crippen molar-refractivity contribution >= 4 is 21.8 Å². The summed E-state index contributed by atoms with van der Waals surface area (Å²) in [5.74, 6) is 0.676. The van der Waals surface area contributed by atoms with E-state index in [1.807, 2.05) is 11.8 Å². The molecule has 4 nitrogen and oxygen atoms in total. The highest BCUT2D eigenvalue weighted by atomic mass is 32.2. The zero-order valence-corrected chi connectivity index (χ0v) is 10.9. The lowest BCUT2D eigenvalue weighted by atomic mass is 10.1. The van der Waals surface area contributed by atoms with Gasteiger partial charge < -0.3 is 5.11 Å². The van der Waals surface area contributed by atoms with Gasteiger partial charge in [-0.1, -0.05) is 13.8 Å². The Balaban J connectivity index is 2.66. The fourth-order valence-corrected chi connectivity index (χ4v) is 3.97. The molecule has 0 aromatic carbocycles. The van der Waals surface area contributed by atoms with Gasteiger partial charge in [0.05, 0.1) is 12.4 Å². The van der Waals surface area contributed by atoms with Crippen molar-refractivity contribution < 1.29 is 13.5 Å². The summed E-state index contributed by atoms with van der Waals surface area (Å²) in [6.07, 6.45) is 0.863. The van der Waals surface area contributed by atoms with Gasteiger partial charge >= 0.3 is 0 Å². The maximum Gasteiger partial charge on any atom is 0.216 e. The summed E-state index contributed by atoms with van der Waals surface area (Å²) in [7, 11) is -3.24. The molecule has 0 aromatic heterocycles. The average Bonchev–Trinajstić information content (AvgIpc) is 2.26. The largest absolute Gasteiger partial charge is 0.395 e. The van der Waals surface area contributed by atoms with Crippen molar-refractivity contribution in [3.63, 3.8) is 0 Å². The van der Waals surface area contributed by atoms with Gasteiger partial charge in [-0.05, 0) is 6.42 Å². The second-order valence-electron chi connectivity index (χ2n) is 4.30. The van der Waals surface area contributed by atoms with Crippen LogP contribution in [0.25, 0.3) is 0 Å². The van der Waals surface area contributed by atoms with Gasteiger partial charge in [-0.15, -0.1) is 0 Å². The Kier molecular flexibility index (Phi) is 4.46. The zero-order chi connectivity index (χ0) is 11.5. The Morgan fingerprint density at radius 2 is 2.07 bits per heavy atom. The van der Waals surface area contributed by atoms with Crippen LogP contribution < -0.4 is 0 Å². The Bertz CT molecular complexity index is 300. The molecule has 1 N–H and O–H groups in total. The third-order valence-electron chi connectivity index (χ3n) is 2.54. The molecule has 0 spiro atoms. The minimum absolute atomic E-state index is 0.155. The van der Waals surface area contributed by atoms with E-state index in [1.165, 1.54) is 4.31 Å². The number of hydrogen-bond donors (Lipinski definition) is 1. The molecule has 1 fully saturated rings. The number of sulfonamides is 1. The molecule has 0 bridgehead atoms. The molecule has 0 aliphatic carbocycles. The molecule has 1 aliphatic rings. The van der Waals surface area contributed by atoms with Gasteiger partial charge in [-0.2, -0.15) is 11.8 Å². The first-order chi connectivity index (χ1) is 6.87. The van der Waals surface area contributed by atoms with E-state index in [-0.39, 0.29) is 17.1 Å². The van der Waals surface area contributed by atoms with E-state index >= 15 is 0 Å². The van der Waals surface area contributed by atoms with Crippen molar-refractivity contribution in [2.45, 2.75) is 25.0 Å². The summed E-state index contributed by atoms with van der Waals surface area (Å²) in [5.41, 5.74) is 0. The van der Waals surface area contributed by atoms with Crippen LogP contribution in [0.3, 0.4) is 0 Å². The molecule has 1 rings (SSSR count). The number of aliphatic hydroxyl groups is 1. The van der Waals surface area contributed by atoms with E-state index in [0.717, 1.165) is 12.2 Å². The summed E-state index contributed by atoms with van der Waals surface area (Å²) in [6.45, 7) is 5.12. The second-order valence-corrected chi connectivity index (χ2v) is 8.19. The van der Waals surface area contributed by atoms with Crippen molar-refractivity contribution in [3.8, 4) is 0 Å². The molecule has 15 heavy (non-hydrogen) atoms. The van der Waals surface area contributed by atoms with Crippen LogP contribution in [0, 0.1) is 0 Å². The molecule has 0 unspecified atom stereocenters. The minimum atomic E-state index is -3.24. The fraction of sp³-hybridized carbons (Fsp3) is 1.00. The van der Waals surface area contributed by atoms with E-state index < -0.39 is 10.0 Å². The normalized spacial score (nSPS) is 23.7. The topological polar surface area (TPSA) is 57.6 Å². The first-order valence-electron chi connectivity index (χ1n) is 5.10. The number of nitrogens with zero attached hydrogens (tertiary/aromatic N) is 1. The van der Waals surface area contributed by atoms with Crippen LogP contribution >= 0.6 is 11.8 Å². The van der Waals surface area contributed by atoms with Crippen LogP contribution in [0.5, 0.6) is 0 Å². The number of aliphatic hydroxyl groups excluding tert-OH is 1. The lowest BCUT2D eigenvalue weighted by Crippen LogP contribution is -2.36. The third kappa shape index (κ3) is 3.94. The Morgan fingerprint density at radius 1 is 1.40 bits per heavy atom. The Labute approximate surface area is 96.1 Å². The number of rotatable bonds is 3. The molecular weight excluding hydrogens is 234 g/mol. The van der Waals surface area contributed by atoms with Crippen molar-refractivity contribution in [3.05, 3.63) is 0 Å². The van der Waals surface area contributed by atoms with Crippen LogP contribution in [-0.2, 0) is 10.0 Å². The summed E-state index contributed by atoms with van der Waals surface area (Å²) >= 11 is 1.81. The first kappa shape index (κ1) is 13.3. The summed E-state index contributed by atoms with van der Waals surface area (Å²) in [6, 6.07) is 0. The van der Waals surface area contributed by atoms with Crippen molar-refractivity contribution in [1.29, 1.82) is 0 Å². The highest BCUT2D eigenvalue weighted by molar-refractivity contribution is 8.00. The number of thioether (sulfide) groups is 1. The third-order valence-corrected chi connectivity index (χ3v) is 5.76. The van der Waals surface area contributed by atoms with Crippen molar-refractivity contribution in [1.82, 2.24) is 4.31 Å². The molecule has 1 saturated heterocycles. The molecule has 1 heterocycles. The van der Waals surface area contributed by atoms with Crippen LogP contribution in [0.15, 0.2) is 0 Å². The predicted molar refractivity (Wildman–Crippen MR) is 63.6 cm³/mol. The molecule has 0 aromatic rings. The quantitative estimate of drug-likeness (QED) is 0.797. The average molecular weight is 253 g/mol. The van der Waals surface area contributed by atoms with Crippen molar-refractivity contribution in [2.75, 3.05) is 31.2 Å².